The van der Waals surface area contributed by atoms with E-state index >= 15 is 0 Å². The number of halogens is 1. The first-order valence-corrected chi connectivity index (χ1v) is 5.74. The summed E-state index contributed by atoms with van der Waals surface area (Å²) in [5.41, 5.74) is 6.39. The maximum atomic E-state index is 13.8. The second kappa shape index (κ2) is 5.10. The predicted octanol–water partition coefficient (Wildman–Crippen LogP) is 2.13. The Morgan fingerprint density at radius 3 is 2.82 bits per heavy atom. The minimum Gasteiger partial charge on any atom is -0.328 e. The highest BCUT2D eigenvalue weighted by atomic mass is 19.1. The van der Waals surface area contributed by atoms with Crippen LogP contribution in [0.2, 0.25) is 0 Å². The van der Waals surface area contributed by atoms with Crippen LogP contribution in [-0.2, 0) is 6.42 Å². The van der Waals surface area contributed by atoms with Gasteiger partial charge in [-0.1, -0.05) is 25.1 Å². The zero-order chi connectivity index (χ0) is 12.3. The molecule has 0 aliphatic carbocycles. The Kier molecular flexibility index (Phi) is 3.54. The van der Waals surface area contributed by atoms with Gasteiger partial charge in [-0.2, -0.15) is 0 Å². The molecular weight excluding hydrogens is 217 g/mol. The Morgan fingerprint density at radius 2 is 2.18 bits per heavy atom. The molecule has 1 aromatic heterocycles. The van der Waals surface area contributed by atoms with Crippen LogP contribution >= 0.6 is 0 Å². The second-order valence-corrected chi connectivity index (χ2v) is 3.88. The van der Waals surface area contributed by atoms with Crippen molar-refractivity contribution in [2.45, 2.75) is 19.4 Å². The van der Waals surface area contributed by atoms with Crippen LogP contribution in [0.15, 0.2) is 36.7 Å². The maximum Gasteiger partial charge on any atom is 0.128 e. The number of imidazole rings is 1. The molecule has 0 aliphatic heterocycles. The van der Waals surface area contributed by atoms with E-state index in [0.29, 0.717) is 12.1 Å². The largest absolute Gasteiger partial charge is 0.328 e. The summed E-state index contributed by atoms with van der Waals surface area (Å²) < 4.78 is 15.7. The van der Waals surface area contributed by atoms with Gasteiger partial charge >= 0.3 is 0 Å². The van der Waals surface area contributed by atoms with E-state index in [0.717, 1.165) is 12.2 Å². The normalized spacial score (nSPS) is 12.6. The van der Waals surface area contributed by atoms with Crippen LogP contribution in [0.5, 0.6) is 0 Å². The summed E-state index contributed by atoms with van der Waals surface area (Å²) in [5, 5.41) is 0. The minimum atomic E-state index is -0.223. The van der Waals surface area contributed by atoms with Gasteiger partial charge in [-0.05, 0) is 6.07 Å². The smallest absolute Gasteiger partial charge is 0.128 e. The molecule has 1 atom stereocenters. The fourth-order valence-electron chi connectivity index (χ4n) is 2.04. The van der Waals surface area contributed by atoms with Crippen molar-refractivity contribution in [3.63, 3.8) is 0 Å². The van der Waals surface area contributed by atoms with Gasteiger partial charge in [-0.15, -0.1) is 0 Å². The van der Waals surface area contributed by atoms with Crippen LogP contribution < -0.4 is 5.73 Å². The number of aromatic nitrogens is 2. The highest BCUT2D eigenvalue weighted by Gasteiger charge is 2.17. The lowest BCUT2D eigenvalue weighted by Gasteiger charge is -2.19. The standard InChI is InChI=1S/C13H16FN3/c1-2-13-16-7-8-17(13)12(9-15)10-5-3-4-6-11(10)14/h3-8,12H,2,9,15H2,1H3. The minimum absolute atomic E-state index is 0.186. The number of rotatable bonds is 4. The van der Waals surface area contributed by atoms with Gasteiger partial charge in [0, 0.05) is 30.9 Å². The molecule has 4 heteroatoms. The van der Waals surface area contributed by atoms with Gasteiger partial charge in [0.25, 0.3) is 0 Å². The average molecular weight is 233 g/mol. The van der Waals surface area contributed by atoms with E-state index in [1.165, 1.54) is 6.07 Å². The highest BCUT2D eigenvalue weighted by Crippen LogP contribution is 2.21. The van der Waals surface area contributed by atoms with Crippen molar-refractivity contribution in [1.82, 2.24) is 9.55 Å². The number of nitrogens with zero attached hydrogens (tertiary/aromatic N) is 2. The maximum absolute atomic E-state index is 13.8. The first-order chi connectivity index (χ1) is 8.27. The van der Waals surface area contributed by atoms with E-state index in [1.807, 2.05) is 23.8 Å². The quantitative estimate of drug-likeness (QED) is 0.879. The summed E-state index contributed by atoms with van der Waals surface area (Å²) in [6, 6.07) is 6.55. The lowest BCUT2D eigenvalue weighted by molar-refractivity contribution is 0.523. The Balaban J connectivity index is 2.44. The lowest BCUT2D eigenvalue weighted by atomic mass is 10.1. The zero-order valence-corrected chi connectivity index (χ0v) is 9.81. The fraction of sp³-hybridized carbons (Fsp3) is 0.308. The van der Waals surface area contributed by atoms with Crippen LogP contribution in [0.25, 0.3) is 0 Å². The molecule has 2 N–H and O–H groups in total. The van der Waals surface area contributed by atoms with Crippen molar-refractivity contribution in [1.29, 1.82) is 0 Å². The third kappa shape index (κ3) is 2.22. The van der Waals surface area contributed by atoms with Crippen LogP contribution in [-0.4, -0.2) is 16.1 Å². The molecule has 1 heterocycles. The third-order valence-corrected chi connectivity index (χ3v) is 2.89. The van der Waals surface area contributed by atoms with E-state index in [4.69, 9.17) is 5.73 Å². The molecule has 17 heavy (non-hydrogen) atoms. The van der Waals surface area contributed by atoms with Crippen molar-refractivity contribution in [2.24, 2.45) is 5.73 Å². The van der Waals surface area contributed by atoms with Crippen LogP contribution in [0, 0.1) is 5.82 Å². The summed E-state index contributed by atoms with van der Waals surface area (Å²) in [5.74, 6) is 0.697. The van der Waals surface area contributed by atoms with Crippen LogP contribution in [0.1, 0.15) is 24.4 Å². The van der Waals surface area contributed by atoms with Crippen LogP contribution in [0.4, 0.5) is 4.39 Å². The number of hydrogen-bond acceptors (Lipinski definition) is 2. The number of hydrogen-bond donors (Lipinski definition) is 1. The summed E-state index contributed by atoms with van der Waals surface area (Å²) in [4.78, 5) is 4.24. The molecular formula is C13H16FN3. The topological polar surface area (TPSA) is 43.8 Å². The molecule has 3 nitrogen and oxygen atoms in total. The Hall–Kier alpha value is -1.68. The van der Waals surface area contributed by atoms with Crippen LogP contribution in [0.3, 0.4) is 0 Å². The van der Waals surface area contributed by atoms with Gasteiger partial charge < -0.3 is 10.3 Å². The number of nitrogens with two attached hydrogens (primary N) is 1. The molecule has 0 fully saturated rings. The van der Waals surface area contributed by atoms with Crippen molar-refractivity contribution in [3.8, 4) is 0 Å². The fourth-order valence-corrected chi connectivity index (χ4v) is 2.04. The van der Waals surface area contributed by atoms with Gasteiger partial charge in [-0.3, -0.25) is 0 Å². The molecule has 1 aromatic carbocycles. The molecule has 0 amide bonds. The van der Waals surface area contributed by atoms with Gasteiger partial charge in [0.05, 0.1) is 6.04 Å². The molecule has 2 aromatic rings. The number of benzene rings is 1. The van der Waals surface area contributed by atoms with Crippen molar-refractivity contribution < 1.29 is 4.39 Å². The summed E-state index contributed by atoms with van der Waals surface area (Å²) >= 11 is 0. The molecule has 0 aliphatic rings. The first-order valence-electron chi connectivity index (χ1n) is 5.74. The molecule has 1 unspecified atom stereocenters. The molecule has 0 radical (unpaired) electrons. The number of aryl methyl sites for hydroxylation is 1. The molecule has 0 saturated carbocycles. The molecule has 2 rings (SSSR count). The monoisotopic (exact) mass is 233 g/mol. The van der Waals surface area contributed by atoms with Gasteiger partial charge in [0.2, 0.25) is 0 Å². The zero-order valence-electron chi connectivity index (χ0n) is 9.81. The molecule has 0 bridgehead atoms. The predicted molar refractivity (Wildman–Crippen MR) is 65.2 cm³/mol. The lowest BCUT2D eigenvalue weighted by Crippen LogP contribution is -2.22. The Morgan fingerprint density at radius 1 is 1.41 bits per heavy atom. The molecule has 0 spiro atoms. The second-order valence-electron chi connectivity index (χ2n) is 3.88. The van der Waals surface area contributed by atoms with Crippen molar-refractivity contribution in [3.05, 3.63) is 53.9 Å². The Bertz CT molecular complexity index is 493. The summed E-state index contributed by atoms with van der Waals surface area (Å²) in [7, 11) is 0. The summed E-state index contributed by atoms with van der Waals surface area (Å²) in [6.07, 6.45) is 4.38. The third-order valence-electron chi connectivity index (χ3n) is 2.89. The average Bonchev–Trinajstić information content (AvgIpc) is 2.81. The first kappa shape index (κ1) is 11.8. The van der Waals surface area contributed by atoms with E-state index < -0.39 is 0 Å². The van der Waals surface area contributed by atoms with Gasteiger partial charge in [0.15, 0.2) is 0 Å². The van der Waals surface area contributed by atoms with Gasteiger partial charge in [0.1, 0.15) is 11.6 Å². The molecule has 0 saturated heterocycles. The van der Waals surface area contributed by atoms with Gasteiger partial charge in [-0.25, -0.2) is 9.37 Å². The van der Waals surface area contributed by atoms with E-state index in [9.17, 15) is 4.39 Å². The SMILES string of the molecule is CCc1nccn1C(CN)c1ccccc1F. The molecule has 90 valence electrons. The Labute approximate surface area is 100 Å². The van der Waals surface area contributed by atoms with E-state index in [2.05, 4.69) is 4.98 Å². The van der Waals surface area contributed by atoms with Crippen molar-refractivity contribution >= 4 is 0 Å². The highest BCUT2D eigenvalue weighted by molar-refractivity contribution is 5.23. The summed E-state index contributed by atoms with van der Waals surface area (Å²) in [6.45, 7) is 2.37. The van der Waals surface area contributed by atoms with E-state index in [-0.39, 0.29) is 11.9 Å². The van der Waals surface area contributed by atoms with E-state index in [1.54, 1.807) is 18.3 Å². The van der Waals surface area contributed by atoms with Crippen molar-refractivity contribution in [2.75, 3.05) is 6.54 Å².